The number of carbonyl (C=O) groups is 1. The van der Waals surface area contributed by atoms with Crippen LogP contribution >= 0.6 is 23.6 Å². The molecule has 2 rings (SSSR count). The lowest BCUT2D eigenvalue weighted by Crippen LogP contribution is -2.19. The molecule has 0 bridgehead atoms. The summed E-state index contributed by atoms with van der Waals surface area (Å²) in [6.45, 7) is 0.120. The second kappa shape index (κ2) is 7.05. The Labute approximate surface area is 131 Å². The number of anilines is 1. The van der Waals surface area contributed by atoms with Crippen LogP contribution in [0, 0.1) is 0 Å². The lowest BCUT2D eigenvalue weighted by molar-refractivity contribution is 0.103. The van der Waals surface area contributed by atoms with E-state index in [0.717, 1.165) is 0 Å². The van der Waals surface area contributed by atoms with Crippen LogP contribution in [0.2, 0.25) is 0 Å². The van der Waals surface area contributed by atoms with Gasteiger partial charge < -0.3 is 20.5 Å². The van der Waals surface area contributed by atoms with E-state index in [9.17, 15) is 4.79 Å². The highest BCUT2D eigenvalue weighted by atomic mass is 32.1. The first kappa shape index (κ1) is 15.3. The van der Waals surface area contributed by atoms with Crippen molar-refractivity contribution in [3.8, 4) is 11.5 Å². The number of nitrogens with one attached hydrogen (secondary N) is 1. The summed E-state index contributed by atoms with van der Waals surface area (Å²) < 4.78 is 10.5. The summed E-state index contributed by atoms with van der Waals surface area (Å²) in [5.74, 6) is 0.944. The van der Waals surface area contributed by atoms with Crippen LogP contribution in [-0.2, 0) is 0 Å². The molecular weight excluding hydrogens is 308 g/mol. The van der Waals surface area contributed by atoms with Crippen molar-refractivity contribution in [3.05, 3.63) is 40.6 Å². The summed E-state index contributed by atoms with van der Waals surface area (Å²) in [4.78, 5) is 13.0. The summed E-state index contributed by atoms with van der Waals surface area (Å²) in [6.07, 6.45) is 0. The highest BCUT2D eigenvalue weighted by molar-refractivity contribution is 7.80. The first-order valence-electron chi connectivity index (χ1n) is 6.04. The van der Waals surface area contributed by atoms with Crippen LogP contribution in [0.1, 0.15) is 9.67 Å². The number of amides is 1. The zero-order valence-corrected chi connectivity index (χ0v) is 12.9. The minimum Gasteiger partial charge on any atom is -0.496 e. The number of benzene rings is 1. The molecule has 0 unspecified atom stereocenters. The molecule has 0 spiro atoms. The summed E-state index contributed by atoms with van der Waals surface area (Å²) in [5, 5.41) is 4.56. The molecule has 1 aromatic carbocycles. The first-order chi connectivity index (χ1) is 10.1. The highest BCUT2D eigenvalue weighted by Crippen LogP contribution is 2.26. The lowest BCUT2D eigenvalue weighted by Gasteiger charge is -2.11. The molecule has 5 nitrogen and oxygen atoms in total. The monoisotopic (exact) mass is 322 g/mol. The van der Waals surface area contributed by atoms with Gasteiger partial charge in [-0.15, -0.1) is 11.3 Å². The normalized spacial score (nSPS) is 9.95. The molecule has 110 valence electrons. The van der Waals surface area contributed by atoms with Crippen molar-refractivity contribution in [2.75, 3.05) is 19.0 Å². The van der Waals surface area contributed by atoms with E-state index in [0.29, 0.717) is 22.1 Å². The number of hydrogen-bond acceptors (Lipinski definition) is 5. The fraction of sp³-hybridized carbons (Fsp3) is 0.143. The summed E-state index contributed by atoms with van der Waals surface area (Å²) in [7, 11) is 1.56. The van der Waals surface area contributed by atoms with Gasteiger partial charge in [-0.25, -0.2) is 0 Å². The number of nitrogens with two attached hydrogens (primary N) is 1. The maximum atomic E-state index is 12.2. The molecule has 0 aliphatic heterocycles. The van der Waals surface area contributed by atoms with Crippen LogP contribution in [0.4, 0.5) is 5.69 Å². The second-order valence-electron chi connectivity index (χ2n) is 4.06. The number of ether oxygens (including phenoxy) is 2. The Morgan fingerprint density at radius 3 is 2.86 bits per heavy atom. The molecule has 0 aliphatic rings. The molecule has 1 amide bonds. The van der Waals surface area contributed by atoms with Gasteiger partial charge in [-0.2, -0.15) is 0 Å². The van der Waals surface area contributed by atoms with Crippen LogP contribution in [0.3, 0.4) is 0 Å². The smallest absolute Gasteiger partial charge is 0.265 e. The van der Waals surface area contributed by atoms with Gasteiger partial charge in [0, 0.05) is 11.4 Å². The molecule has 1 aromatic heterocycles. The molecule has 0 atom stereocenters. The standard InChI is InChI=1S/C14H14N2O3S2/c1-18-9-6-12(21-8-9)14(17)16-10-4-2-3-5-11(10)19-7-13(15)20/h2-6,8H,7H2,1H3,(H2,15,20)(H,16,17). The van der Waals surface area contributed by atoms with Crippen LogP contribution in [0.25, 0.3) is 0 Å². The summed E-state index contributed by atoms with van der Waals surface area (Å²) >= 11 is 6.08. The first-order valence-corrected chi connectivity index (χ1v) is 7.33. The third-order valence-electron chi connectivity index (χ3n) is 2.54. The van der Waals surface area contributed by atoms with Crippen LogP contribution in [-0.4, -0.2) is 24.6 Å². The van der Waals surface area contributed by atoms with Crippen LogP contribution in [0.15, 0.2) is 35.7 Å². The van der Waals surface area contributed by atoms with Gasteiger partial charge in [0.25, 0.3) is 5.91 Å². The molecule has 0 saturated heterocycles. The van der Waals surface area contributed by atoms with E-state index in [2.05, 4.69) is 5.32 Å². The van der Waals surface area contributed by atoms with Gasteiger partial charge in [0.1, 0.15) is 23.1 Å². The van der Waals surface area contributed by atoms with Crippen molar-refractivity contribution in [2.24, 2.45) is 5.73 Å². The van der Waals surface area contributed by atoms with Gasteiger partial charge in [-0.05, 0) is 12.1 Å². The van der Waals surface area contributed by atoms with Crippen molar-refractivity contribution >= 4 is 40.1 Å². The molecule has 0 aliphatic carbocycles. The number of methoxy groups -OCH3 is 1. The highest BCUT2D eigenvalue weighted by Gasteiger charge is 2.12. The van der Waals surface area contributed by atoms with E-state index < -0.39 is 0 Å². The Morgan fingerprint density at radius 1 is 1.43 bits per heavy atom. The Kier molecular flexibility index (Phi) is 5.13. The van der Waals surface area contributed by atoms with E-state index in [1.807, 2.05) is 0 Å². The molecule has 2 aromatic rings. The second-order valence-corrected chi connectivity index (χ2v) is 5.49. The number of hydrogen-bond donors (Lipinski definition) is 2. The summed E-state index contributed by atoms with van der Waals surface area (Å²) in [6, 6.07) is 8.77. The van der Waals surface area contributed by atoms with E-state index in [4.69, 9.17) is 27.4 Å². The molecular formula is C14H14N2O3S2. The Morgan fingerprint density at radius 2 is 2.19 bits per heavy atom. The van der Waals surface area contributed by atoms with Crippen LogP contribution in [0.5, 0.6) is 11.5 Å². The van der Waals surface area contributed by atoms with Gasteiger partial charge in [0.05, 0.1) is 17.7 Å². The predicted molar refractivity (Wildman–Crippen MR) is 87.5 cm³/mol. The van der Waals surface area contributed by atoms with Gasteiger partial charge in [-0.1, -0.05) is 24.4 Å². The van der Waals surface area contributed by atoms with Gasteiger partial charge in [0.2, 0.25) is 0 Å². The van der Waals surface area contributed by atoms with E-state index >= 15 is 0 Å². The maximum absolute atomic E-state index is 12.2. The number of thiocarbonyl (C=S) groups is 1. The van der Waals surface area contributed by atoms with Gasteiger partial charge in [0.15, 0.2) is 0 Å². The topological polar surface area (TPSA) is 73.6 Å². The zero-order chi connectivity index (χ0) is 15.2. The number of rotatable bonds is 6. The molecule has 0 fully saturated rings. The molecule has 1 heterocycles. The SMILES string of the molecule is COc1csc(C(=O)Nc2ccccc2OCC(N)=S)c1. The Balaban J connectivity index is 2.11. The quantitative estimate of drug-likeness (QED) is 0.800. The third kappa shape index (κ3) is 4.17. The average Bonchev–Trinajstić information content (AvgIpc) is 2.95. The van der Waals surface area contributed by atoms with Gasteiger partial charge in [-0.3, -0.25) is 4.79 Å². The van der Waals surface area contributed by atoms with E-state index in [1.165, 1.54) is 11.3 Å². The number of carbonyl (C=O) groups excluding carboxylic acids is 1. The van der Waals surface area contributed by atoms with E-state index in [-0.39, 0.29) is 17.5 Å². The molecule has 0 saturated carbocycles. The van der Waals surface area contributed by atoms with E-state index in [1.54, 1.807) is 42.8 Å². The number of thiophene rings is 1. The average molecular weight is 322 g/mol. The van der Waals surface area contributed by atoms with Gasteiger partial charge >= 0.3 is 0 Å². The summed E-state index contributed by atoms with van der Waals surface area (Å²) in [5.41, 5.74) is 5.97. The molecule has 7 heteroatoms. The number of para-hydroxylation sites is 2. The molecule has 3 N–H and O–H groups in total. The fourth-order valence-corrected chi connectivity index (χ4v) is 2.38. The Hall–Kier alpha value is -2.12. The van der Waals surface area contributed by atoms with Crippen molar-refractivity contribution in [1.82, 2.24) is 0 Å². The molecule has 0 radical (unpaired) electrons. The minimum atomic E-state index is -0.227. The predicted octanol–water partition coefficient (Wildman–Crippen LogP) is 2.67. The molecule has 21 heavy (non-hydrogen) atoms. The van der Waals surface area contributed by atoms with Crippen molar-refractivity contribution in [1.29, 1.82) is 0 Å². The Bertz CT molecular complexity index is 655. The zero-order valence-electron chi connectivity index (χ0n) is 11.3. The fourth-order valence-electron chi connectivity index (χ4n) is 1.57. The lowest BCUT2D eigenvalue weighted by atomic mass is 10.3. The van der Waals surface area contributed by atoms with Crippen molar-refractivity contribution in [2.45, 2.75) is 0 Å². The third-order valence-corrected chi connectivity index (χ3v) is 3.57. The maximum Gasteiger partial charge on any atom is 0.265 e. The van der Waals surface area contributed by atoms with Crippen molar-refractivity contribution < 1.29 is 14.3 Å². The minimum absolute atomic E-state index is 0.120. The van der Waals surface area contributed by atoms with Crippen molar-refractivity contribution in [3.63, 3.8) is 0 Å². The largest absolute Gasteiger partial charge is 0.496 e. The van der Waals surface area contributed by atoms with Crippen LogP contribution < -0.4 is 20.5 Å².